The number of nitro groups is 3. The standard InChI is InChI=1S/C41H44N3O8P.C26H27NO4.C22H30N3O8P.C15H18NO6P.C2H4O2.C2H6.H3N/c1-29-38(53(48)51-27-40(2,3)28-52-53)36(30-15-14-22-34(25-30)44(46)47)37(39(45)49-4)35(43-29)26-50-24-23-42-41(31-16-8-5-9-17-31,32-18-10-6-11-19-32)33-20-12-7-13-21-33;1-30-25(29)19-24(28)20-31-18-17-27-26(21-11-5-2-6-12-21,22-13-7-3-8-14-22)23-15-9-4-10-16-23;1-14-20(34(29)32-12-22(2,3)13-33-34)18(15-6-5-7-16(10-15)25(27)28)19(21(26)30-4)17(24-14)11-31-9-8-23;1-11(17)14(23(20)21-9-15(2,3)10-22-23)8-12-5-4-6-13(7-12)16(18)19;1-2(3)4;1-2;/h5-22,25,36,42-43H,23-24,26-28H2,1-4H3;2-16,27H,17-20H2,1H3;5-7,10,18,24H,8-9,11-13,23H2,1-4H3;4-8H,9-10H2,1-3H3;1H3,(H,3,4);1-2H3;1H3/b;;;14-8-;;;. The SMILES string of the molecule is CC.CC(=O)/C(=C/c1cccc([N+](=O)[O-])c1)P1(=O)OCC(C)(C)CO1.CC(=O)O.COC(=O)C1=C(COCCN)NC(C)=C(P2(=O)OCC(C)(C)CO2)C1c1cccc([N+](=O)[O-])c1.COC(=O)C1=C(COCCNC(c2ccccc2)(c2ccccc2)c2ccccc2)NC(C)=C(P2(=O)OCC(C)(C)CO2)C1c1cccc([N+](=O)[O-])c1.COC(=O)CC(=O)COCCNC(c1ccccc1)(c1ccccc1)c1ccccc1.N. The molecule has 0 radical (unpaired) electrons. The summed E-state index contributed by atoms with van der Waals surface area (Å²) in [4.78, 5) is 103. The second kappa shape index (κ2) is 55.8. The van der Waals surface area contributed by atoms with Crippen molar-refractivity contribution in [3.63, 3.8) is 0 Å². The highest BCUT2D eigenvalue weighted by molar-refractivity contribution is 7.60. The number of carbonyl (C=O) groups excluding carboxylic acids is 5. The van der Waals surface area contributed by atoms with Gasteiger partial charge in [-0.2, -0.15) is 0 Å². The highest BCUT2D eigenvalue weighted by Gasteiger charge is 2.52. The van der Waals surface area contributed by atoms with Gasteiger partial charge >= 0.3 is 40.7 Å². The Morgan fingerprint density at radius 3 is 1.07 bits per heavy atom. The maximum Gasteiger partial charge on any atom is 0.364 e. The largest absolute Gasteiger partial charge is 0.481 e. The first-order valence-electron chi connectivity index (χ1n) is 47.3. The number of carboxylic acid groups (broad SMARTS) is 1. The van der Waals surface area contributed by atoms with Crippen LogP contribution in [0.2, 0.25) is 0 Å². The van der Waals surface area contributed by atoms with Gasteiger partial charge in [0.15, 0.2) is 11.6 Å². The number of ketones is 2. The molecule has 148 heavy (non-hydrogen) atoms. The lowest BCUT2D eigenvalue weighted by atomic mass is 9.77. The summed E-state index contributed by atoms with van der Waals surface area (Å²) < 4.78 is 108. The van der Waals surface area contributed by atoms with Crippen LogP contribution in [0.1, 0.15) is 151 Å². The van der Waals surface area contributed by atoms with E-state index >= 15 is 0 Å². The summed E-state index contributed by atoms with van der Waals surface area (Å²) in [6, 6.07) is 78.9. The van der Waals surface area contributed by atoms with Crippen molar-refractivity contribution in [2.24, 2.45) is 22.0 Å². The summed E-state index contributed by atoms with van der Waals surface area (Å²) in [7, 11) is -7.86. The van der Waals surface area contributed by atoms with Crippen LogP contribution >= 0.6 is 22.8 Å². The minimum Gasteiger partial charge on any atom is -0.481 e. The predicted molar refractivity (Wildman–Crippen MR) is 560 cm³/mol. The molecule has 2 unspecified atom stereocenters. The number of nitrogens with two attached hydrogens (primary N) is 1. The van der Waals surface area contributed by atoms with Crippen LogP contribution in [0.4, 0.5) is 17.1 Å². The van der Waals surface area contributed by atoms with E-state index in [0.717, 1.165) is 40.3 Å². The highest BCUT2D eigenvalue weighted by Crippen LogP contribution is 2.69. The molecule has 5 heterocycles. The summed E-state index contributed by atoms with van der Waals surface area (Å²) in [5.41, 5.74) is 12.2. The molecule has 2 atom stereocenters. The van der Waals surface area contributed by atoms with Gasteiger partial charge in [0.05, 0.1) is 165 Å². The van der Waals surface area contributed by atoms with Crippen LogP contribution in [-0.4, -0.2) is 176 Å². The molecule has 10 N–H and O–H groups in total. The van der Waals surface area contributed by atoms with Crippen molar-refractivity contribution in [2.45, 2.75) is 112 Å². The van der Waals surface area contributed by atoms with Crippen LogP contribution in [0, 0.1) is 46.6 Å². The summed E-state index contributed by atoms with van der Waals surface area (Å²) in [5, 5.41) is 55.7. The minimum atomic E-state index is -3.99. The van der Waals surface area contributed by atoms with E-state index in [1.54, 1.807) is 32.0 Å². The van der Waals surface area contributed by atoms with Gasteiger partial charge in [-0.1, -0.05) is 274 Å². The number of esters is 3. The lowest BCUT2D eigenvalue weighted by Gasteiger charge is -2.40. The molecule has 5 aliphatic rings. The molecule has 40 heteroatoms. The van der Waals surface area contributed by atoms with Crippen LogP contribution in [-0.2, 0) is 109 Å². The Bertz CT molecular complexity index is 6150. The number of dihydropyridines is 2. The van der Waals surface area contributed by atoms with Crippen molar-refractivity contribution < 1.29 is 118 Å². The number of hydrogen-bond acceptors (Lipinski definition) is 33. The first kappa shape index (κ1) is 120. The van der Waals surface area contributed by atoms with Gasteiger partial charge in [0.2, 0.25) is 0 Å². The number of rotatable bonds is 36. The molecule has 9 aromatic carbocycles. The molecule has 37 nitrogen and oxygen atoms in total. The molecule has 0 spiro atoms. The number of nitrogens with zero attached hydrogens (tertiary/aromatic N) is 3. The van der Waals surface area contributed by atoms with E-state index in [-0.39, 0.29) is 153 Å². The number of non-ortho nitro benzene ring substituents is 3. The van der Waals surface area contributed by atoms with Crippen molar-refractivity contribution in [1.29, 1.82) is 0 Å². The van der Waals surface area contributed by atoms with Crippen LogP contribution in [0.25, 0.3) is 6.08 Å². The van der Waals surface area contributed by atoms with E-state index in [0.29, 0.717) is 59.2 Å². The van der Waals surface area contributed by atoms with Gasteiger partial charge in [0, 0.05) is 90.6 Å². The number of nitrogens with one attached hydrogen (secondary N) is 4. The third kappa shape index (κ3) is 31.7. The zero-order valence-corrected chi connectivity index (χ0v) is 88.4. The molecule has 0 aliphatic carbocycles. The van der Waals surface area contributed by atoms with Gasteiger partial charge in [0.1, 0.15) is 18.3 Å². The average Bonchev–Trinajstić information content (AvgIpc) is 0.732. The fourth-order valence-corrected chi connectivity index (χ4v) is 23.4. The molecule has 0 bridgehead atoms. The molecule has 9 aromatic rings. The first-order chi connectivity index (χ1) is 70.0. The average molecular weight is 2100 g/mol. The number of Topliss-reactive ketones (excluding diaryl/α,β-unsaturated/α-hetero) is 2. The van der Waals surface area contributed by atoms with Crippen LogP contribution in [0.3, 0.4) is 0 Å². The quantitative estimate of drug-likeness (QED) is 0.00221. The summed E-state index contributed by atoms with van der Waals surface area (Å²) >= 11 is 0. The van der Waals surface area contributed by atoms with Crippen molar-refractivity contribution >= 4 is 81.4 Å². The maximum atomic E-state index is 14.5. The van der Waals surface area contributed by atoms with Crippen molar-refractivity contribution in [1.82, 2.24) is 27.4 Å². The Labute approximate surface area is 861 Å². The number of allylic oxidation sites excluding steroid dienone is 5. The number of benzene rings is 9. The van der Waals surface area contributed by atoms with Crippen molar-refractivity contribution in [3.8, 4) is 0 Å². The smallest absolute Gasteiger partial charge is 0.364 e. The van der Waals surface area contributed by atoms with E-state index in [9.17, 15) is 68.0 Å². The van der Waals surface area contributed by atoms with Gasteiger partial charge in [-0.05, 0) is 76.9 Å². The predicted octanol–water partition coefficient (Wildman–Crippen LogP) is 19.8. The fraction of sp³-hybridized carbons (Fsp3) is 0.352. The Hall–Kier alpha value is -13.1. The zero-order chi connectivity index (χ0) is 108. The molecule has 14 rings (SSSR count). The van der Waals surface area contributed by atoms with Gasteiger partial charge in [-0.3, -0.25) is 73.8 Å². The summed E-state index contributed by atoms with van der Waals surface area (Å²) in [5.74, 6) is -5.60. The lowest BCUT2D eigenvalue weighted by molar-refractivity contribution is -0.385. The molecule has 0 amide bonds. The highest BCUT2D eigenvalue weighted by atomic mass is 31.2. The van der Waals surface area contributed by atoms with E-state index < -0.39 is 95.5 Å². The molecule has 3 fully saturated rings. The van der Waals surface area contributed by atoms with Crippen LogP contribution in [0.5, 0.6) is 0 Å². The fourth-order valence-electron chi connectivity index (χ4n) is 16.4. The van der Waals surface area contributed by atoms with Gasteiger partial charge in [0.25, 0.3) is 23.0 Å². The molecular formula is C108H132N9O28P3. The Kier molecular flexibility index (Phi) is 45.2. The summed E-state index contributed by atoms with van der Waals surface area (Å²) in [6.45, 7) is 24.1. The molecule has 792 valence electrons. The second-order valence-electron chi connectivity index (χ2n) is 36.5. The van der Waals surface area contributed by atoms with Crippen molar-refractivity contribution in [2.75, 3.05) is 120 Å². The molecule has 5 aliphatic heterocycles. The van der Waals surface area contributed by atoms with Crippen molar-refractivity contribution in [3.05, 3.63) is 385 Å². The minimum absolute atomic E-state index is 0. The van der Waals surface area contributed by atoms with E-state index in [2.05, 4.69) is 98.8 Å². The van der Waals surface area contributed by atoms with E-state index in [1.807, 2.05) is 165 Å². The molecular weight excluding hydrogens is 1960 g/mol. The second-order valence-corrected chi connectivity index (χ2v) is 42.5. The number of ether oxygens (including phenoxy) is 6. The lowest BCUT2D eigenvalue weighted by Crippen LogP contribution is -2.46. The third-order valence-electron chi connectivity index (χ3n) is 23.3. The van der Waals surface area contributed by atoms with Crippen LogP contribution in [0.15, 0.2) is 305 Å². The Balaban J connectivity index is 0.000000246. The Morgan fingerprint density at radius 1 is 0.459 bits per heavy atom. The van der Waals surface area contributed by atoms with Gasteiger partial charge in [-0.15, -0.1) is 0 Å². The van der Waals surface area contributed by atoms with Crippen LogP contribution < -0.4 is 33.2 Å². The van der Waals surface area contributed by atoms with E-state index in [4.69, 9.17) is 66.5 Å². The number of carbonyl (C=O) groups is 6. The Morgan fingerprint density at radius 2 is 0.764 bits per heavy atom. The van der Waals surface area contributed by atoms with E-state index in [1.165, 1.54) is 88.9 Å². The zero-order valence-electron chi connectivity index (χ0n) is 85.7. The number of aliphatic carboxylic acids is 1. The number of hydrogen-bond donors (Lipinski definition) is 7. The monoisotopic (exact) mass is 2100 g/mol. The number of carboxylic acids is 1. The maximum absolute atomic E-state index is 14.5. The number of methoxy groups -OCH3 is 3. The van der Waals surface area contributed by atoms with Gasteiger partial charge in [-0.25, -0.2) is 9.59 Å². The molecule has 0 aromatic heterocycles. The van der Waals surface area contributed by atoms with Gasteiger partial charge < -0.3 is 83.2 Å². The molecule has 0 saturated carbocycles. The number of nitro benzene ring substituents is 3. The topological polar surface area (TPSA) is 523 Å². The first-order valence-corrected chi connectivity index (χ1v) is 51.9. The third-order valence-corrected chi connectivity index (χ3v) is 29.6. The summed E-state index contributed by atoms with van der Waals surface area (Å²) in [6.07, 6.45) is 1.06. The molecule has 3 saturated heterocycles. The normalized spacial score (nSPS) is 17.2.